The van der Waals surface area contributed by atoms with E-state index in [4.69, 9.17) is 13.9 Å². The number of rotatable bonds is 7. The van der Waals surface area contributed by atoms with Gasteiger partial charge < -0.3 is 31.2 Å². The Morgan fingerprint density at radius 2 is 1.96 bits per heavy atom. The van der Waals surface area contributed by atoms with Gasteiger partial charge in [-0.05, 0) is 32.9 Å². The van der Waals surface area contributed by atoms with Crippen molar-refractivity contribution in [3.8, 4) is 5.75 Å². The summed E-state index contributed by atoms with van der Waals surface area (Å²) < 4.78 is 16.2. The third-order valence-electron chi connectivity index (χ3n) is 4.02. The number of esters is 1. The average molecular weight is 342 g/mol. The first-order valence-corrected chi connectivity index (χ1v) is 7.68. The minimum absolute atomic E-state index is 0. The molecule has 2 rings (SSSR count). The molecule has 0 radical (unpaired) electrons. The zero-order valence-corrected chi connectivity index (χ0v) is 14.8. The largest absolute Gasteiger partial charge is 1.00 e. The molecule has 0 unspecified atom stereocenters. The van der Waals surface area contributed by atoms with Gasteiger partial charge in [-0.25, -0.2) is 4.79 Å². The Morgan fingerprint density at radius 1 is 1.26 bits per heavy atom. The van der Waals surface area contributed by atoms with Gasteiger partial charge in [0.2, 0.25) is 5.76 Å². The summed E-state index contributed by atoms with van der Waals surface area (Å²) in [7, 11) is 1.60. The summed E-state index contributed by atoms with van der Waals surface area (Å²) in [6.45, 7) is 9.37. The Morgan fingerprint density at radius 3 is 2.57 bits per heavy atom. The monoisotopic (exact) mass is 341 g/mol. The van der Waals surface area contributed by atoms with Gasteiger partial charge in [-0.3, -0.25) is 0 Å². The highest BCUT2D eigenvalue weighted by Gasteiger charge is 2.19. The van der Waals surface area contributed by atoms with Crippen molar-refractivity contribution in [3.05, 3.63) is 29.5 Å². The second-order valence-electron chi connectivity index (χ2n) is 5.26. The van der Waals surface area contributed by atoms with Gasteiger partial charge in [0, 0.05) is 17.0 Å². The predicted molar refractivity (Wildman–Crippen MR) is 84.7 cm³/mol. The van der Waals surface area contributed by atoms with Crippen LogP contribution in [0.4, 0.5) is 0 Å². The molecule has 0 saturated heterocycles. The van der Waals surface area contributed by atoms with Gasteiger partial charge in [-0.1, -0.05) is 0 Å². The number of halogens is 1. The van der Waals surface area contributed by atoms with E-state index in [9.17, 15) is 4.79 Å². The van der Waals surface area contributed by atoms with E-state index in [0.717, 1.165) is 30.6 Å². The van der Waals surface area contributed by atoms with E-state index in [2.05, 4.69) is 13.8 Å². The molecule has 5 nitrogen and oxygen atoms in total. The molecule has 1 N–H and O–H groups in total. The van der Waals surface area contributed by atoms with Crippen molar-refractivity contribution in [3.63, 3.8) is 0 Å². The normalized spacial score (nSPS) is 10.7. The Bertz CT molecular complexity index is 649. The number of hydrogen-bond donors (Lipinski definition) is 1. The maximum Gasteiger partial charge on any atom is 0.374 e. The lowest BCUT2D eigenvalue weighted by Gasteiger charge is -2.14. The Balaban J connectivity index is 0.00000264. The van der Waals surface area contributed by atoms with Crippen molar-refractivity contribution in [1.29, 1.82) is 0 Å². The number of methoxy groups -OCH3 is 1. The van der Waals surface area contributed by atoms with Crippen molar-refractivity contribution >= 4 is 16.9 Å². The van der Waals surface area contributed by atoms with E-state index >= 15 is 0 Å². The first-order valence-electron chi connectivity index (χ1n) is 7.68. The second kappa shape index (κ2) is 8.79. The number of quaternary nitrogens is 1. The van der Waals surface area contributed by atoms with Gasteiger partial charge in [0.05, 0.1) is 20.2 Å². The van der Waals surface area contributed by atoms with Crippen molar-refractivity contribution in [2.45, 2.75) is 20.8 Å². The number of carbonyl (C=O) groups is 1. The highest BCUT2D eigenvalue weighted by molar-refractivity contribution is 5.96. The van der Waals surface area contributed by atoms with Crippen LogP contribution in [0.25, 0.3) is 11.0 Å². The summed E-state index contributed by atoms with van der Waals surface area (Å²) in [6.07, 6.45) is 0. The SMILES string of the molecule is CC[NH+](CC)CCOC(=O)c1oc2cc(OC)ccc2c1C.[Cl-]. The number of carbonyl (C=O) groups excluding carboxylic acids is 1. The number of ether oxygens (including phenoxy) is 2. The summed E-state index contributed by atoms with van der Waals surface area (Å²) in [5, 5.41) is 0.905. The molecule has 2 aromatic rings. The smallest absolute Gasteiger partial charge is 0.374 e. The molecule has 1 aromatic heterocycles. The molecule has 6 heteroatoms. The number of furan rings is 1. The number of fused-ring (bicyclic) bond motifs is 1. The molecule has 23 heavy (non-hydrogen) atoms. The molecule has 0 aliphatic rings. The minimum atomic E-state index is -0.403. The number of likely N-dealkylation sites (N-methyl/N-ethyl adjacent to an activating group) is 1. The fraction of sp³-hybridized carbons (Fsp3) is 0.471. The molecular formula is C17H24ClNO4. The molecule has 1 heterocycles. The maximum atomic E-state index is 12.2. The lowest BCUT2D eigenvalue weighted by molar-refractivity contribution is -0.896. The molecule has 128 valence electrons. The van der Waals surface area contributed by atoms with E-state index in [1.807, 2.05) is 19.1 Å². The van der Waals surface area contributed by atoms with Gasteiger partial charge in [-0.15, -0.1) is 0 Å². The summed E-state index contributed by atoms with van der Waals surface area (Å²) in [4.78, 5) is 13.6. The fourth-order valence-corrected chi connectivity index (χ4v) is 2.48. The molecule has 0 bridgehead atoms. The van der Waals surface area contributed by atoms with Crippen molar-refractivity contribution in [2.24, 2.45) is 0 Å². The fourth-order valence-electron chi connectivity index (χ4n) is 2.48. The van der Waals surface area contributed by atoms with Crippen molar-refractivity contribution in [1.82, 2.24) is 0 Å². The first-order chi connectivity index (χ1) is 10.6. The van der Waals surface area contributed by atoms with E-state index < -0.39 is 5.97 Å². The van der Waals surface area contributed by atoms with Crippen LogP contribution in [-0.4, -0.2) is 39.3 Å². The first kappa shape index (κ1) is 19.3. The average Bonchev–Trinajstić information content (AvgIpc) is 2.87. The van der Waals surface area contributed by atoms with Crippen LogP contribution in [0.1, 0.15) is 30.0 Å². The molecule has 0 amide bonds. The summed E-state index contributed by atoms with van der Waals surface area (Å²) >= 11 is 0. The van der Waals surface area contributed by atoms with Crippen LogP contribution in [0.2, 0.25) is 0 Å². The van der Waals surface area contributed by atoms with E-state index in [-0.39, 0.29) is 18.2 Å². The molecule has 0 fully saturated rings. The second-order valence-corrected chi connectivity index (χ2v) is 5.26. The van der Waals surface area contributed by atoms with E-state index in [0.29, 0.717) is 17.9 Å². The molecular weight excluding hydrogens is 318 g/mol. The van der Waals surface area contributed by atoms with Gasteiger partial charge in [0.1, 0.15) is 24.5 Å². The molecule has 0 atom stereocenters. The van der Waals surface area contributed by atoms with Crippen LogP contribution in [0.3, 0.4) is 0 Å². The Hall–Kier alpha value is -1.72. The van der Waals surface area contributed by atoms with Crippen LogP contribution in [0, 0.1) is 6.92 Å². The topological polar surface area (TPSA) is 53.1 Å². The molecule has 0 aliphatic heterocycles. The van der Waals surface area contributed by atoms with Gasteiger partial charge in [-0.2, -0.15) is 0 Å². The van der Waals surface area contributed by atoms with Gasteiger partial charge >= 0.3 is 5.97 Å². The highest BCUT2D eigenvalue weighted by Crippen LogP contribution is 2.28. The third-order valence-corrected chi connectivity index (χ3v) is 4.02. The Kier molecular flexibility index (Phi) is 7.39. The third kappa shape index (κ3) is 4.39. The quantitative estimate of drug-likeness (QED) is 0.645. The van der Waals surface area contributed by atoms with Gasteiger partial charge in [0.25, 0.3) is 0 Å². The number of benzene rings is 1. The van der Waals surface area contributed by atoms with Crippen molar-refractivity contribution < 1.29 is 36.0 Å². The molecule has 0 aliphatic carbocycles. The molecule has 1 aromatic carbocycles. The van der Waals surface area contributed by atoms with Crippen LogP contribution < -0.4 is 22.0 Å². The lowest BCUT2D eigenvalue weighted by Crippen LogP contribution is -3.11. The molecule has 0 saturated carbocycles. The van der Waals surface area contributed by atoms with Crippen LogP contribution in [0.15, 0.2) is 22.6 Å². The number of nitrogens with one attached hydrogen (secondary N) is 1. The number of hydrogen-bond acceptors (Lipinski definition) is 4. The summed E-state index contributed by atoms with van der Waals surface area (Å²) in [6, 6.07) is 5.52. The van der Waals surface area contributed by atoms with Gasteiger partial charge in [0.15, 0.2) is 0 Å². The van der Waals surface area contributed by atoms with E-state index in [1.165, 1.54) is 4.90 Å². The predicted octanol–water partition coefficient (Wildman–Crippen LogP) is -1.16. The summed E-state index contributed by atoms with van der Waals surface area (Å²) in [5.41, 5.74) is 1.44. The highest BCUT2D eigenvalue weighted by atomic mass is 35.5. The number of aryl methyl sites for hydroxylation is 1. The molecule has 0 spiro atoms. The minimum Gasteiger partial charge on any atom is -1.00 e. The maximum absolute atomic E-state index is 12.2. The van der Waals surface area contributed by atoms with Crippen LogP contribution >= 0.6 is 0 Å². The van der Waals surface area contributed by atoms with Crippen LogP contribution in [0.5, 0.6) is 5.75 Å². The van der Waals surface area contributed by atoms with E-state index in [1.54, 1.807) is 13.2 Å². The van der Waals surface area contributed by atoms with Crippen LogP contribution in [-0.2, 0) is 4.74 Å². The summed E-state index contributed by atoms with van der Waals surface area (Å²) in [5.74, 6) is 0.573. The zero-order valence-electron chi connectivity index (χ0n) is 14.1. The van der Waals surface area contributed by atoms with Crippen molar-refractivity contribution in [2.75, 3.05) is 33.4 Å². The zero-order chi connectivity index (χ0) is 16.1. The Labute approximate surface area is 142 Å². The standard InChI is InChI=1S/C17H23NO4.ClH/c1-5-18(6-2)9-10-21-17(19)16-12(3)14-8-7-13(20-4)11-15(14)22-16;/h7-8,11H,5-6,9-10H2,1-4H3;1H. The lowest BCUT2D eigenvalue weighted by atomic mass is 10.1.